The van der Waals surface area contributed by atoms with Crippen molar-refractivity contribution in [2.24, 2.45) is 0 Å². The third-order valence-electron chi connectivity index (χ3n) is 2.40. The van der Waals surface area contributed by atoms with E-state index >= 15 is 0 Å². The number of fused-ring (bicyclic) bond motifs is 1. The highest BCUT2D eigenvalue weighted by Gasteiger charge is 2.15. The monoisotopic (exact) mass is 224 g/mol. The fraction of sp³-hybridized carbons (Fsp3) is 0.600. The maximum absolute atomic E-state index is 5.10. The summed E-state index contributed by atoms with van der Waals surface area (Å²) in [6.45, 7) is 6.07. The van der Waals surface area contributed by atoms with Crippen LogP contribution in [0.4, 0.5) is 5.82 Å². The SMILES string of the molecule is CC(C)Nc1nc(=S)[nH]c2c1CCNC2. The summed E-state index contributed by atoms with van der Waals surface area (Å²) >= 11 is 5.10. The fourth-order valence-corrected chi connectivity index (χ4v) is 2.00. The first-order valence-corrected chi connectivity index (χ1v) is 5.67. The van der Waals surface area contributed by atoms with Crippen molar-refractivity contribution in [3.8, 4) is 0 Å². The van der Waals surface area contributed by atoms with Crippen molar-refractivity contribution in [2.45, 2.75) is 32.9 Å². The summed E-state index contributed by atoms with van der Waals surface area (Å²) < 4.78 is 0.556. The smallest absolute Gasteiger partial charge is 0.199 e. The molecule has 5 heteroatoms. The Hall–Kier alpha value is -0.940. The van der Waals surface area contributed by atoms with Gasteiger partial charge >= 0.3 is 0 Å². The van der Waals surface area contributed by atoms with Crippen molar-refractivity contribution in [1.82, 2.24) is 15.3 Å². The zero-order valence-corrected chi connectivity index (χ0v) is 9.87. The molecule has 4 nitrogen and oxygen atoms in total. The molecule has 1 aliphatic heterocycles. The Morgan fingerprint density at radius 1 is 1.47 bits per heavy atom. The first-order valence-electron chi connectivity index (χ1n) is 5.26. The normalized spacial score (nSPS) is 15.1. The van der Waals surface area contributed by atoms with E-state index in [2.05, 4.69) is 34.4 Å². The number of nitrogens with zero attached hydrogens (tertiary/aromatic N) is 1. The predicted molar refractivity (Wildman–Crippen MR) is 63.6 cm³/mol. The van der Waals surface area contributed by atoms with E-state index in [4.69, 9.17) is 12.2 Å². The van der Waals surface area contributed by atoms with Gasteiger partial charge in [0.05, 0.1) is 0 Å². The van der Waals surface area contributed by atoms with Crippen molar-refractivity contribution in [2.75, 3.05) is 11.9 Å². The van der Waals surface area contributed by atoms with Crippen molar-refractivity contribution >= 4 is 18.0 Å². The van der Waals surface area contributed by atoms with Crippen LogP contribution in [0.3, 0.4) is 0 Å². The molecule has 0 atom stereocenters. The number of anilines is 1. The van der Waals surface area contributed by atoms with Crippen molar-refractivity contribution < 1.29 is 0 Å². The van der Waals surface area contributed by atoms with Crippen LogP contribution in [0.2, 0.25) is 0 Å². The van der Waals surface area contributed by atoms with Crippen LogP contribution in [-0.2, 0) is 13.0 Å². The zero-order chi connectivity index (χ0) is 10.8. The number of hydrogen-bond donors (Lipinski definition) is 3. The highest BCUT2D eigenvalue weighted by Crippen LogP contribution is 2.19. The molecule has 82 valence electrons. The van der Waals surface area contributed by atoms with Gasteiger partial charge in [-0.25, -0.2) is 4.98 Å². The molecule has 0 spiro atoms. The molecule has 3 N–H and O–H groups in total. The average molecular weight is 224 g/mol. The molecule has 0 bridgehead atoms. The van der Waals surface area contributed by atoms with E-state index in [1.165, 1.54) is 11.3 Å². The summed E-state index contributed by atoms with van der Waals surface area (Å²) in [5.74, 6) is 0.949. The molecule has 0 aliphatic carbocycles. The molecule has 15 heavy (non-hydrogen) atoms. The van der Waals surface area contributed by atoms with Crippen LogP contribution in [-0.4, -0.2) is 22.6 Å². The zero-order valence-electron chi connectivity index (χ0n) is 9.05. The third kappa shape index (κ3) is 2.35. The summed E-state index contributed by atoms with van der Waals surface area (Å²) in [6, 6.07) is 0.383. The average Bonchev–Trinajstić information content (AvgIpc) is 2.16. The Morgan fingerprint density at radius 2 is 2.27 bits per heavy atom. The van der Waals surface area contributed by atoms with E-state index < -0.39 is 0 Å². The minimum absolute atomic E-state index is 0.383. The minimum Gasteiger partial charge on any atom is -0.368 e. The Morgan fingerprint density at radius 3 is 3.00 bits per heavy atom. The van der Waals surface area contributed by atoms with Crippen molar-refractivity contribution in [1.29, 1.82) is 0 Å². The summed E-state index contributed by atoms with van der Waals surface area (Å²) in [7, 11) is 0. The molecule has 0 radical (unpaired) electrons. The lowest BCUT2D eigenvalue weighted by Gasteiger charge is -2.21. The molecule has 1 aliphatic rings. The Bertz CT molecular complexity index is 410. The molecule has 1 aromatic heterocycles. The van der Waals surface area contributed by atoms with Gasteiger partial charge in [0, 0.05) is 23.8 Å². The van der Waals surface area contributed by atoms with Crippen LogP contribution >= 0.6 is 12.2 Å². The van der Waals surface area contributed by atoms with Gasteiger partial charge in [0.25, 0.3) is 0 Å². The number of aromatic nitrogens is 2. The van der Waals surface area contributed by atoms with E-state index in [0.29, 0.717) is 10.8 Å². The van der Waals surface area contributed by atoms with Crippen molar-refractivity contribution in [3.63, 3.8) is 0 Å². The minimum atomic E-state index is 0.383. The van der Waals surface area contributed by atoms with Gasteiger partial charge in [0.1, 0.15) is 5.82 Å². The highest BCUT2D eigenvalue weighted by atomic mass is 32.1. The molecule has 0 amide bonds. The number of rotatable bonds is 2. The van der Waals surface area contributed by atoms with Crippen molar-refractivity contribution in [3.05, 3.63) is 16.0 Å². The fourth-order valence-electron chi connectivity index (χ4n) is 1.78. The number of aromatic amines is 1. The van der Waals surface area contributed by atoms with E-state index in [0.717, 1.165) is 25.3 Å². The van der Waals surface area contributed by atoms with Crippen LogP contribution in [0, 0.1) is 4.77 Å². The van der Waals surface area contributed by atoms with Gasteiger partial charge in [-0.05, 0) is 39.0 Å². The van der Waals surface area contributed by atoms with Gasteiger partial charge in [-0.15, -0.1) is 0 Å². The molecule has 0 unspecified atom stereocenters. The van der Waals surface area contributed by atoms with Crippen LogP contribution < -0.4 is 10.6 Å². The molecule has 0 saturated heterocycles. The Balaban J connectivity index is 2.43. The van der Waals surface area contributed by atoms with E-state index in [-0.39, 0.29) is 0 Å². The van der Waals surface area contributed by atoms with Gasteiger partial charge in [0.2, 0.25) is 0 Å². The third-order valence-corrected chi connectivity index (χ3v) is 2.59. The first-order chi connectivity index (χ1) is 7.16. The first kappa shape index (κ1) is 10.6. The number of hydrogen-bond acceptors (Lipinski definition) is 4. The molecule has 0 saturated carbocycles. The predicted octanol–water partition coefficient (Wildman–Crippen LogP) is 1.61. The second kappa shape index (κ2) is 4.28. The lowest BCUT2D eigenvalue weighted by Crippen LogP contribution is -2.27. The summed E-state index contributed by atoms with van der Waals surface area (Å²) in [5.41, 5.74) is 2.44. The molecule has 2 rings (SSSR count). The second-order valence-corrected chi connectivity index (χ2v) is 4.46. The lowest BCUT2D eigenvalue weighted by atomic mass is 10.1. The standard InChI is InChI=1S/C10H16N4S/c1-6(2)12-9-7-3-4-11-5-8(7)13-10(15)14-9/h6,11H,3-5H2,1-2H3,(H2,12,13,14,15). The number of H-pyrrole nitrogens is 1. The molecular formula is C10H16N4S. The Kier molecular flexibility index (Phi) is 3.02. The number of nitrogens with one attached hydrogen (secondary N) is 3. The molecule has 0 fully saturated rings. The largest absolute Gasteiger partial charge is 0.368 e. The maximum atomic E-state index is 5.10. The van der Waals surface area contributed by atoms with Gasteiger partial charge < -0.3 is 15.6 Å². The van der Waals surface area contributed by atoms with Gasteiger partial charge in [-0.2, -0.15) is 0 Å². The highest BCUT2D eigenvalue weighted by molar-refractivity contribution is 7.71. The second-order valence-electron chi connectivity index (χ2n) is 4.07. The quantitative estimate of drug-likeness (QED) is 0.668. The van der Waals surface area contributed by atoms with E-state index in [1.54, 1.807) is 0 Å². The molecule has 2 heterocycles. The van der Waals surface area contributed by atoms with Gasteiger partial charge in [-0.3, -0.25) is 0 Å². The maximum Gasteiger partial charge on any atom is 0.199 e. The topological polar surface area (TPSA) is 52.7 Å². The summed E-state index contributed by atoms with van der Waals surface area (Å²) in [4.78, 5) is 7.49. The van der Waals surface area contributed by atoms with E-state index in [9.17, 15) is 0 Å². The lowest BCUT2D eigenvalue weighted by molar-refractivity contribution is 0.622. The summed E-state index contributed by atoms with van der Waals surface area (Å²) in [6.07, 6.45) is 1.00. The summed E-state index contributed by atoms with van der Waals surface area (Å²) in [5, 5.41) is 6.66. The van der Waals surface area contributed by atoms with Crippen LogP contribution in [0.1, 0.15) is 25.1 Å². The molecule has 0 aromatic carbocycles. The van der Waals surface area contributed by atoms with Gasteiger partial charge in [0.15, 0.2) is 4.77 Å². The van der Waals surface area contributed by atoms with Crippen LogP contribution in [0.5, 0.6) is 0 Å². The molecular weight excluding hydrogens is 208 g/mol. The van der Waals surface area contributed by atoms with Crippen LogP contribution in [0.15, 0.2) is 0 Å². The van der Waals surface area contributed by atoms with E-state index in [1.807, 2.05) is 0 Å². The van der Waals surface area contributed by atoms with Crippen LogP contribution in [0.25, 0.3) is 0 Å². The molecule has 1 aromatic rings. The van der Waals surface area contributed by atoms with Gasteiger partial charge in [-0.1, -0.05) is 0 Å². The Labute approximate surface area is 94.5 Å².